The average molecular weight is 317 g/mol. The van der Waals surface area contributed by atoms with Crippen LogP contribution in [0.15, 0.2) is 34.8 Å². The van der Waals surface area contributed by atoms with Gasteiger partial charge in [-0.1, -0.05) is 25.1 Å². The molecule has 0 aliphatic carbocycles. The Morgan fingerprint density at radius 1 is 1.42 bits per heavy atom. The molecule has 1 N–H and O–H groups in total. The quantitative estimate of drug-likeness (QED) is 0.841. The second kappa shape index (κ2) is 6.70. The van der Waals surface area contributed by atoms with Crippen LogP contribution in [0.1, 0.15) is 31.5 Å². The number of hydrogen-bond acceptors (Lipinski definition) is 2. The fraction of sp³-hybridized carbons (Fsp3) is 0.312. The topological polar surface area (TPSA) is 24.9 Å². The van der Waals surface area contributed by atoms with Crippen molar-refractivity contribution in [2.75, 3.05) is 6.54 Å². The summed E-state index contributed by atoms with van der Waals surface area (Å²) in [6.07, 6.45) is 7.19. The summed E-state index contributed by atoms with van der Waals surface area (Å²) in [4.78, 5) is 4.74. The fourth-order valence-electron chi connectivity index (χ4n) is 2.05. The Bertz CT molecular complexity index is 601. The minimum atomic E-state index is 0.101. The first-order valence-electron chi connectivity index (χ1n) is 6.48. The first-order valence-corrected chi connectivity index (χ1v) is 7.27. The second-order valence-corrected chi connectivity index (χ2v) is 5.32. The van der Waals surface area contributed by atoms with Gasteiger partial charge in [-0.25, -0.2) is 4.98 Å². The highest BCUT2D eigenvalue weighted by molar-refractivity contribution is 9.10. The first kappa shape index (κ1) is 14.0. The van der Waals surface area contributed by atoms with Gasteiger partial charge in [-0.2, -0.15) is 0 Å². The van der Waals surface area contributed by atoms with Crippen LogP contribution in [0.5, 0.6) is 0 Å². The number of fused-ring (bicyclic) bond motifs is 1. The zero-order valence-electron chi connectivity index (χ0n) is 11.0. The maximum absolute atomic E-state index is 5.47. The molecule has 0 bridgehead atoms. The smallest absolute Gasteiger partial charge is 0.0732 e. The number of halogens is 1. The predicted octanol–water partition coefficient (Wildman–Crippen LogP) is 4.06. The van der Waals surface area contributed by atoms with E-state index < -0.39 is 0 Å². The lowest BCUT2D eigenvalue weighted by Crippen LogP contribution is -2.23. The molecule has 1 heterocycles. The third kappa shape index (κ3) is 3.34. The summed E-state index contributed by atoms with van der Waals surface area (Å²) in [5.74, 6) is 2.73. The Balaban J connectivity index is 2.40. The molecule has 1 aromatic heterocycles. The van der Waals surface area contributed by atoms with Crippen LogP contribution in [0.4, 0.5) is 0 Å². The Hall–Kier alpha value is -1.37. The molecule has 1 atom stereocenters. The van der Waals surface area contributed by atoms with Gasteiger partial charge in [0.25, 0.3) is 0 Å². The summed E-state index contributed by atoms with van der Waals surface area (Å²) in [6, 6.07) is 10.3. The van der Waals surface area contributed by atoms with Crippen molar-refractivity contribution in [1.82, 2.24) is 10.3 Å². The van der Waals surface area contributed by atoms with E-state index in [1.165, 1.54) is 0 Å². The van der Waals surface area contributed by atoms with Gasteiger partial charge in [-0.15, -0.1) is 12.3 Å². The van der Waals surface area contributed by atoms with Gasteiger partial charge in [0.15, 0.2) is 0 Å². The van der Waals surface area contributed by atoms with Gasteiger partial charge in [0.2, 0.25) is 0 Å². The van der Waals surface area contributed by atoms with Crippen LogP contribution in [-0.2, 0) is 0 Å². The third-order valence-corrected chi connectivity index (χ3v) is 3.63. The molecule has 0 aliphatic rings. The van der Waals surface area contributed by atoms with Crippen LogP contribution < -0.4 is 5.32 Å². The summed E-state index contributed by atoms with van der Waals surface area (Å²) in [7, 11) is 0. The normalized spacial score (nSPS) is 12.3. The molecule has 0 radical (unpaired) electrons. The van der Waals surface area contributed by atoms with E-state index in [9.17, 15) is 0 Å². The van der Waals surface area contributed by atoms with Crippen molar-refractivity contribution >= 4 is 26.8 Å². The van der Waals surface area contributed by atoms with Crippen LogP contribution in [0.25, 0.3) is 10.9 Å². The van der Waals surface area contributed by atoms with Gasteiger partial charge in [-0.05, 0) is 41.0 Å². The van der Waals surface area contributed by atoms with E-state index in [2.05, 4.69) is 46.2 Å². The van der Waals surface area contributed by atoms with Crippen molar-refractivity contribution in [2.24, 2.45) is 0 Å². The fourth-order valence-corrected chi connectivity index (χ4v) is 2.66. The molecule has 1 unspecified atom stereocenters. The van der Waals surface area contributed by atoms with Crippen molar-refractivity contribution in [2.45, 2.75) is 25.8 Å². The summed E-state index contributed by atoms with van der Waals surface area (Å²) in [6.45, 7) is 3.08. The zero-order valence-corrected chi connectivity index (χ0v) is 12.6. The number of benzene rings is 1. The molecule has 98 valence electrons. The Morgan fingerprint density at radius 2 is 2.21 bits per heavy atom. The van der Waals surface area contributed by atoms with E-state index in [-0.39, 0.29) is 6.04 Å². The van der Waals surface area contributed by atoms with Crippen LogP contribution in [0.2, 0.25) is 0 Å². The molecular formula is C16H17BrN2. The molecule has 0 saturated heterocycles. The molecule has 2 aromatic rings. The molecule has 2 rings (SSSR count). The Labute approximate surface area is 122 Å². The predicted molar refractivity (Wildman–Crippen MR) is 83.9 cm³/mol. The molecular weight excluding hydrogens is 300 g/mol. The largest absolute Gasteiger partial charge is 0.308 e. The van der Waals surface area contributed by atoms with Crippen molar-refractivity contribution in [1.29, 1.82) is 0 Å². The molecule has 2 nitrogen and oxygen atoms in total. The number of nitrogens with one attached hydrogen (secondary N) is 1. The van der Waals surface area contributed by atoms with Gasteiger partial charge in [-0.3, -0.25) is 0 Å². The highest BCUT2D eigenvalue weighted by Crippen LogP contribution is 2.27. The maximum Gasteiger partial charge on any atom is 0.0732 e. The summed E-state index contributed by atoms with van der Waals surface area (Å²) >= 11 is 3.61. The third-order valence-electron chi connectivity index (χ3n) is 3.00. The highest BCUT2D eigenvalue weighted by atomic mass is 79.9. The molecule has 0 spiro atoms. The van der Waals surface area contributed by atoms with Crippen molar-refractivity contribution in [3.8, 4) is 12.3 Å². The molecule has 0 saturated carbocycles. The Kier molecular flexibility index (Phi) is 4.95. The standard InChI is InChI=1S/C16H17BrN2/c1-3-7-15(18-10-4-2)16-13(17)11-12-8-5-6-9-14(12)19-16/h1,5-6,8-9,11,15,18H,4,7,10H2,2H3. The van der Waals surface area contributed by atoms with E-state index in [0.717, 1.165) is 34.0 Å². The average Bonchev–Trinajstić information content (AvgIpc) is 2.43. The lowest BCUT2D eigenvalue weighted by atomic mass is 10.1. The van der Waals surface area contributed by atoms with Crippen molar-refractivity contribution in [3.63, 3.8) is 0 Å². The van der Waals surface area contributed by atoms with Gasteiger partial charge < -0.3 is 5.32 Å². The first-order chi connectivity index (χ1) is 9.26. The van der Waals surface area contributed by atoms with E-state index >= 15 is 0 Å². The summed E-state index contributed by atoms with van der Waals surface area (Å²) in [5.41, 5.74) is 1.99. The molecule has 1 aromatic carbocycles. The minimum absolute atomic E-state index is 0.101. The number of hydrogen-bond donors (Lipinski definition) is 1. The van der Waals surface area contributed by atoms with E-state index in [0.29, 0.717) is 6.42 Å². The van der Waals surface area contributed by atoms with Crippen LogP contribution >= 0.6 is 15.9 Å². The zero-order chi connectivity index (χ0) is 13.7. The van der Waals surface area contributed by atoms with Gasteiger partial charge in [0.1, 0.15) is 0 Å². The lowest BCUT2D eigenvalue weighted by Gasteiger charge is -2.17. The van der Waals surface area contributed by atoms with Crippen LogP contribution in [0.3, 0.4) is 0 Å². The van der Waals surface area contributed by atoms with Gasteiger partial charge in [0, 0.05) is 16.3 Å². The Morgan fingerprint density at radius 3 is 2.95 bits per heavy atom. The maximum atomic E-state index is 5.47. The van der Waals surface area contributed by atoms with Gasteiger partial charge >= 0.3 is 0 Å². The number of pyridine rings is 1. The van der Waals surface area contributed by atoms with Crippen molar-refractivity contribution < 1.29 is 0 Å². The lowest BCUT2D eigenvalue weighted by molar-refractivity contribution is 0.530. The van der Waals surface area contributed by atoms with Crippen LogP contribution in [0, 0.1) is 12.3 Å². The SMILES string of the molecule is C#CCC(NCCC)c1nc2ccccc2cc1Br. The second-order valence-electron chi connectivity index (χ2n) is 4.46. The number of terminal acetylenes is 1. The monoisotopic (exact) mass is 316 g/mol. The van der Waals surface area contributed by atoms with E-state index in [1.807, 2.05) is 18.2 Å². The van der Waals surface area contributed by atoms with Crippen molar-refractivity contribution in [3.05, 3.63) is 40.5 Å². The highest BCUT2D eigenvalue weighted by Gasteiger charge is 2.15. The van der Waals surface area contributed by atoms with E-state index in [4.69, 9.17) is 11.4 Å². The number of rotatable bonds is 5. The summed E-state index contributed by atoms with van der Waals surface area (Å²) in [5, 5.41) is 4.59. The number of nitrogens with zero attached hydrogens (tertiary/aromatic N) is 1. The number of aromatic nitrogens is 1. The molecule has 3 heteroatoms. The van der Waals surface area contributed by atoms with Gasteiger partial charge in [0.05, 0.1) is 17.3 Å². The molecule has 0 fully saturated rings. The van der Waals surface area contributed by atoms with Crippen LogP contribution in [-0.4, -0.2) is 11.5 Å². The summed E-state index contributed by atoms with van der Waals surface area (Å²) < 4.78 is 1.01. The van der Waals surface area contributed by atoms with E-state index in [1.54, 1.807) is 0 Å². The minimum Gasteiger partial charge on any atom is -0.308 e. The molecule has 19 heavy (non-hydrogen) atoms. The molecule has 0 amide bonds. The molecule has 0 aliphatic heterocycles. The number of para-hydroxylation sites is 1.